The Kier molecular flexibility index (Phi) is 10.1. The second kappa shape index (κ2) is 13.1. The van der Waals surface area contributed by atoms with Gasteiger partial charge in [0.05, 0.1) is 36.0 Å². The normalized spacial score (nSPS) is 18.0. The van der Waals surface area contributed by atoms with Gasteiger partial charge in [-0.2, -0.15) is 13.2 Å². The molecule has 0 bridgehead atoms. The summed E-state index contributed by atoms with van der Waals surface area (Å²) in [6.07, 6.45) is -5.16. The van der Waals surface area contributed by atoms with E-state index < -0.39 is 35.9 Å². The Balaban J connectivity index is 1.88. The number of carbonyl (C=O) groups is 3. The van der Waals surface area contributed by atoms with E-state index >= 15 is 0 Å². The molecule has 0 fully saturated rings. The second-order valence-corrected chi connectivity index (χ2v) is 10.4. The zero-order valence-corrected chi connectivity index (χ0v) is 23.6. The molecular formula is C28H36F3N5O5. The average Bonchev–Trinajstić information content (AvgIpc) is 2.89. The maximum atomic E-state index is 13.5. The number of hydrogen-bond donors (Lipinski definition) is 4. The van der Waals surface area contributed by atoms with E-state index in [4.69, 9.17) is 4.74 Å². The molecule has 0 spiro atoms. The van der Waals surface area contributed by atoms with Gasteiger partial charge in [0.25, 0.3) is 5.91 Å². The summed E-state index contributed by atoms with van der Waals surface area (Å²) < 4.78 is 45.0. The predicted octanol–water partition coefficient (Wildman–Crippen LogP) is 4.62. The summed E-state index contributed by atoms with van der Waals surface area (Å²) in [4.78, 5) is 41.8. The van der Waals surface area contributed by atoms with Crippen LogP contribution in [-0.2, 0) is 6.18 Å². The number of aliphatic hydroxyl groups excluding tert-OH is 1. The molecule has 0 radical (unpaired) electrons. The minimum atomic E-state index is -4.49. The molecule has 0 aromatic heterocycles. The van der Waals surface area contributed by atoms with Crippen molar-refractivity contribution in [3.05, 3.63) is 53.6 Å². The maximum Gasteiger partial charge on any atom is 0.416 e. The van der Waals surface area contributed by atoms with Crippen molar-refractivity contribution in [3.8, 4) is 5.75 Å². The van der Waals surface area contributed by atoms with E-state index in [2.05, 4.69) is 16.0 Å². The Morgan fingerprint density at radius 1 is 1.12 bits per heavy atom. The largest absolute Gasteiger partial charge is 0.485 e. The number of aliphatic hydroxyl groups is 1. The first kappa shape index (κ1) is 31.5. The molecule has 2 aromatic rings. The van der Waals surface area contributed by atoms with E-state index in [1.807, 2.05) is 6.92 Å². The molecule has 224 valence electrons. The standard InChI is InChI=1S/C28H36F3N5O5/c1-16(2)32-26(39)34-22-8-6-7-21-24(22)41-23(17(3)13-36(25(21)38)18(4)15-37)14-35(5)27(40)33-20-11-9-19(10-12-20)28(29,30)31/h6-12,16-18,23,37H,13-15H2,1-5H3,(H,33,40)(H2,32,34,39)/t17-,18-,23+/m0/s1. The van der Waals surface area contributed by atoms with Crippen LogP contribution < -0.4 is 20.7 Å². The molecule has 3 rings (SSSR count). The molecule has 0 saturated carbocycles. The molecule has 1 aliphatic heterocycles. The first-order valence-electron chi connectivity index (χ1n) is 13.2. The molecule has 13 heteroatoms. The highest BCUT2D eigenvalue weighted by molar-refractivity contribution is 6.01. The van der Waals surface area contributed by atoms with Crippen LogP contribution in [0.25, 0.3) is 0 Å². The van der Waals surface area contributed by atoms with Crippen LogP contribution in [0.1, 0.15) is 43.6 Å². The van der Waals surface area contributed by atoms with E-state index in [-0.39, 0.29) is 60.3 Å². The van der Waals surface area contributed by atoms with Crippen molar-refractivity contribution in [2.45, 2.75) is 52.1 Å². The molecule has 2 aromatic carbocycles. The smallest absolute Gasteiger partial charge is 0.416 e. The quantitative estimate of drug-likeness (QED) is 0.381. The first-order chi connectivity index (χ1) is 19.2. The number of rotatable bonds is 7. The number of nitrogens with zero attached hydrogens (tertiary/aromatic N) is 2. The van der Waals surface area contributed by atoms with Crippen LogP contribution >= 0.6 is 0 Å². The second-order valence-electron chi connectivity index (χ2n) is 10.4. The van der Waals surface area contributed by atoms with Gasteiger partial charge < -0.3 is 35.6 Å². The highest BCUT2D eigenvalue weighted by Gasteiger charge is 2.35. The molecule has 1 aliphatic rings. The number of nitrogens with one attached hydrogen (secondary N) is 3. The zero-order chi connectivity index (χ0) is 30.5. The molecule has 5 amide bonds. The Morgan fingerprint density at radius 3 is 2.37 bits per heavy atom. The van der Waals surface area contributed by atoms with Crippen LogP contribution in [0.2, 0.25) is 0 Å². The van der Waals surface area contributed by atoms with Gasteiger partial charge in [-0.25, -0.2) is 9.59 Å². The molecule has 10 nitrogen and oxygen atoms in total. The number of amides is 5. The van der Waals surface area contributed by atoms with Crippen LogP contribution in [-0.4, -0.2) is 77.8 Å². The number of anilines is 2. The molecule has 41 heavy (non-hydrogen) atoms. The summed E-state index contributed by atoms with van der Waals surface area (Å²) in [5.74, 6) is -0.590. The fraction of sp³-hybridized carbons (Fsp3) is 0.464. The molecule has 1 heterocycles. The van der Waals surface area contributed by atoms with E-state index in [1.54, 1.807) is 39.0 Å². The number of fused-ring (bicyclic) bond motifs is 1. The number of alkyl halides is 3. The highest BCUT2D eigenvalue weighted by Crippen LogP contribution is 2.35. The van der Waals surface area contributed by atoms with Gasteiger partial charge in [-0.3, -0.25) is 4.79 Å². The monoisotopic (exact) mass is 579 g/mol. The molecule has 0 unspecified atom stereocenters. The summed E-state index contributed by atoms with van der Waals surface area (Å²) in [6, 6.07) is 7.12. The number of likely N-dealkylation sites (N-methyl/N-ethyl adjacent to an activating group) is 1. The van der Waals surface area contributed by atoms with Crippen molar-refractivity contribution in [2.75, 3.05) is 37.4 Å². The topological polar surface area (TPSA) is 123 Å². The van der Waals surface area contributed by atoms with Crippen molar-refractivity contribution < 1.29 is 37.4 Å². The van der Waals surface area contributed by atoms with Gasteiger partial charge in [-0.1, -0.05) is 13.0 Å². The molecule has 4 N–H and O–H groups in total. The van der Waals surface area contributed by atoms with Gasteiger partial charge in [-0.15, -0.1) is 0 Å². The van der Waals surface area contributed by atoms with Crippen LogP contribution in [0, 0.1) is 5.92 Å². The number of para-hydroxylation sites is 1. The summed E-state index contributed by atoms with van der Waals surface area (Å²) in [7, 11) is 1.51. The number of ether oxygens (including phenoxy) is 1. The molecular weight excluding hydrogens is 543 g/mol. The third-order valence-electron chi connectivity index (χ3n) is 6.62. The number of hydrogen-bond acceptors (Lipinski definition) is 5. The lowest BCUT2D eigenvalue weighted by Crippen LogP contribution is -2.50. The van der Waals surface area contributed by atoms with Gasteiger partial charge >= 0.3 is 18.2 Å². The maximum absolute atomic E-state index is 13.5. The molecule has 3 atom stereocenters. The Hall–Kier alpha value is -4.00. The predicted molar refractivity (Wildman–Crippen MR) is 148 cm³/mol. The van der Waals surface area contributed by atoms with Crippen molar-refractivity contribution in [1.29, 1.82) is 0 Å². The van der Waals surface area contributed by atoms with Crippen molar-refractivity contribution >= 4 is 29.3 Å². The Bertz CT molecular complexity index is 1240. The average molecular weight is 580 g/mol. The summed E-state index contributed by atoms with van der Waals surface area (Å²) in [5.41, 5.74) is -0.215. The summed E-state index contributed by atoms with van der Waals surface area (Å²) in [5, 5.41) is 17.8. The van der Waals surface area contributed by atoms with Gasteiger partial charge in [0, 0.05) is 31.2 Å². The van der Waals surface area contributed by atoms with E-state index in [9.17, 15) is 32.7 Å². The number of carbonyl (C=O) groups excluding carboxylic acids is 3. The third-order valence-corrected chi connectivity index (χ3v) is 6.62. The molecule has 0 aliphatic carbocycles. The zero-order valence-electron chi connectivity index (χ0n) is 23.6. The summed E-state index contributed by atoms with van der Waals surface area (Å²) in [6.45, 7) is 7.12. The van der Waals surface area contributed by atoms with Crippen LogP contribution in [0.3, 0.4) is 0 Å². The van der Waals surface area contributed by atoms with Crippen LogP contribution in [0.15, 0.2) is 42.5 Å². The Morgan fingerprint density at radius 2 is 1.78 bits per heavy atom. The Labute approximate surface area is 236 Å². The van der Waals surface area contributed by atoms with Crippen molar-refractivity contribution in [2.24, 2.45) is 5.92 Å². The highest BCUT2D eigenvalue weighted by atomic mass is 19.4. The third kappa shape index (κ3) is 8.03. The minimum absolute atomic E-state index is 0.0368. The van der Waals surface area contributed by atoms with E-state index in [0.717, 1.165) is 12.1 Å². The van der Waals surface area contributed by atoms with E-state index in [1.165, 1.54) is 29.0 Å². The van der Waals surface area contributed by atoms with Gasteiger partial charge in [0.1, 0.15) is 6.10 Å². The minimum Gasteiger partial charge on any atom is -0.485 e. The van der Waals surface area contributed by atoms with Crippen LogP contribution in [0.5, 0.6) is 5.75 Å². The number of benzene rings is 2. The lowest BCUT2D eigenvalue weighted by molar-refractivity contribution is -0.137. The number of halogens is 3. The van der Waals surface area contributed by atoms with Gasteiger partial charge in [0.2, 0.25) is 0 Å². The fourth-order valence-corrected chi connectivity index (χ4v) is 4.29. The lowest BCUT2D eigenvalue weighted by atomic mass is 9.99. The first-order valence-corrected chi connectivity index (χ1v) is 13.2. The van der Waals surface area contributed by atoms with Crippen LogP contribution in [0.4, 0.5) is 34.1 Å². The SMILES string of the molecule is CC(C)NC(=O)Nc1cccc2c1O[C@H](CN(C)C(=O)Nc1ccc(C(F)(F)F)cc1)[C@@H](C)CN([C@@H](C)CO)C2=O. The number of urea groups is 2. The van der Waals surface area contributed by atoms with Crippen molar-refractivity contribution in [3.63, 3.8) is 0 Å². The van der Waals surface area contributed by atoms with E-state index in [0.29, 0.717) is 0 Å². The lowest BCUT2D eigenvalue weighted by Gasteiger charge is -2.38. The van der Waals surface area contributed by atoms with Gasteiger partial charge in [0.15, 0.2) is 5.75 Å². The summed E-state index contributed by atoms with van der Waals surface area (Å²) >= 11 is 0. The van der Waals surface area contributed by atoms with Gasteiger partial charge in [-0.05, 0) is 57.2 Å². The fourth-order valence-electron chi connectivity index (χ4n) is 4.29. The molecule has 0 saturated heterocycles. The van der Waals surface area contributed by atoms with Crippen molar-refractivity contribution in [1.82, 2.24) is 15.1 Å².